The molecule has 5 heteroatoms. The van der Waals surface area contributed by atoms with Crippen LogP contribution in [0.25, 0.3) is 0 Å². The smallest absolute Gasteiger partial charge is 0.337 e. The number of nitriles is 1. The Hall–Kier alpha value is -1.90. The maximum atomic E-state index is 11.1. The van der Waals surface area contributed by atoms with Crippen LogP contribution in [0.4, 0.5) is 0 Å². The van der Waals surface area contributed by atoms with E-state index >= 15 is 0 Å². The molecule has 17 heavy (non-hydrogen) atoms. The largest absolute Gasteiger partial charge is 0.467 e. The van der Waals surface area contributed by atoms with E-state index in [1.807, 2.05) is 6.07 Å². The molecule has 2 atom stereocenters. The number of hydrogen-bond donors (Lipinski definition) is 2. The Morgan fingerprint density at radius 2 is 2.12 bits per heavy atom. The number of nitrogens with zero attached hydrogens (tertiary/aromatic N) is 1. The summed E-state index contributed by atoms with van der Waals surface area (Å²) in [5, 5.41) is 28.0. The van der Waals surface area contributed by atoms with Gasteiger partial charge >= 0.3 is 5.97 Å². The number of hydrogen-bond acceptors (Lipinski definition) is 5. The van der Waals surface area contributed by atoms with E-state index in [-0.39, 0.29) is 0 Å². The summed E-state index contributed by atoms with van der Waals surface area (Å²) in [6.07, 6.45) is -3.07. The maximum absolute atomic E-state index is 11.1. The molecule has 90 valence electrons. The lowest BCUT2D eigenvalue weighted by molar-refractivity contribution is -0.156. The highest BCUT2D eigenvalue weighted by molar-refractivity contribution is 5.75. The summed E-state index contributed by atoms with van der Waals surface area (Å²) in [4.78, 5) is 11.1. The van der Waals surface area contributed by atoms with E-state index in [2.05, 4.69) is 4.74 Å². The van der Waals surface area contributed by atoms with Gasteiger partial charge in [0.2, 0.25) is 0 Å². The molecule has 1 rings (SSSR count). The molecule has 0 saturated carbocycles. The first-order valence-corrected chi connectivity index (χ1v) is 4.96. The average Bonchev–Trinajstić information content (AvgIpc) is 2.36. The Bertz CT molecular complexity index is 464. The third-order valence-corrected chi connectivity index (χ3v) is 2.47. The highest BCUT2D eigenvalue weighted by atomic mass is 16.5. The van der Waals surface area contributed by atoms with E-state index in [0.29, 0.717) is 11.1 Å². The van der Waals surface area contributed by atoms with Crippen molar-refractivity contribution < 1.29 is 19.7 Å². The number of carbonyl (C=O) groups is 1. The first-order valence-electron chi connectivity index (χ1n) is 4.96. The second kappa shape index (κ2) is 5.43. The molecule has 0 amide bonds. The predicted octanol–water partition coefficient (Wildman–Crippen LogP) is 0.434. The molecular formula is C12H13NO4. The summed E-state index contributed by atoms with van der Waals surface area (Å²) in [6.45, 7) is 1.76. The Kier molecular flexibility index (Phi) is 4.21. The van der Waals surface area contributed by atoms with Crippen molar-refractivity contribution in [1.82, 2.24) is 0 Å². The minimum Gasteiger partial charge on any atom is -0.467 e. The SMILES string of the molecule is COC(=O)C(O)C(O)c1ccc(C)c(C#N)c1. The molecular weight excluding hydrogens is 222 g/mol. The predicted molar refractivity (Wildman–Crippen MR) is 58.9 cm³/mol. The number of rotatable bonds is 3. The van der Waals surface area contributed by atoms with Crippen molar-refractivity contribution >= 4 is 5.97 Å². The average molecular weight is 235 g/mol. The number of aliphatic hydroxyl groups excluding tert-OH is 2. The summed E-state index contributed by atoms with van der Waals surface area (Å²) in [5.41, 5.74) is 1.44. The number of carbonyl (C=O) groups excluding carboxylic acids is 1. The van der Waals surface area contributed by atoms with Crippen molar-refractivity contribution in [1.29, 1.82) is 5.26 Å². The van der Waals surface area contributed by atoms with Crippen LogP contribution in [0.15, 0.2) is 18.2 Å². The maximum Gasteiger partial charge on any atom is 0.337 e. The number of methoxy groups -OCH3 is 1. The van der Waals surface area contributed by atoms with E-state index in [0.717, 1.165) is 12.7 Å². The van der Waals surface area contributed by atoms with Crippen molar-refractivity contribution in [3.63, 3.8) is 0 Å². The molecule has 1 aromatic carbocycles. The van der Waals surface area contributed by atoms with E-state index in [1.165, 1.54) is 6.07 Å². The second-order valence-electron chi connectivity index (χ2n) is 3.60. The van der Waals surface area contributed by atoms with Crippen LogP contribution in [0.1, 0.15) is 22.8 Å². The molecule has 0 bridgehead atoms. The fraction of sp³-hybridized carbons (Fsp3) is 0.333. The Morgan fingerprint density at radius 3 is 2.65 bits per heavy atom. The molecule has 0 radical (unpaired) electrons. The molecule has 0 aliphatic rings. The molecule has 0 saturated heterocycles. The normalized spacial score (nSPS) is 13.6. The molecule has 0 heterocycles. The van der Waals surface area contributed by atoms with E-state index in [9.17, 15) is 15.0 Å². The van der Waals surface area contributed by atoms with Crippen LogP contribution in [-0.2, 0) is 9.53 Å². The van der Waals surface area contributed by atoms with Gasteiger partial charge in [-0.25, -0.2) is 4.79 Å². The first-order chi connectivity index (χ1) is 8.01. The van der Waals surface area contributed by atoms with Gasteiger partial charge in [0.25, 0.3) is 0 Å². The van der Waals surface area contributed by atoms with Gasteiger partial charge in [-0.15, -0.1) is 0 Å². The topological polar surface area (TPSA) is 90.6 Å². The van der Waals surface area contributed by atoms with E-state index < -0.39 is 18.2 Å². The van der Waals surface area contributed by atoms with E-state index in [1.54, 1.807) is 19.1 Å². The van der Waals surface area contributed by atoms with Crippen LogP contribution in [0, 0.1) is 18.3 Å². The lowest BCUT2D eigenvalue weighted by Gasteiger charge is -2.16. The lowest BCUT2D eigenvalue weighted by atomic mass is 9.99. The summed E-state index contributed by atoms with van der Waals surface area (Å²) in [6, 6.07) is 6.59. The highest BCUT2D eigenvalue weighted by Crippen LogP contribution is 2.20. The zero-order valence-corrected chi connectivity index (χ0v) is 9.54. The zero-order valence-electron chi connectivity index (χ0n) is 9.54. The Morgan fingerprint density at radius 1 is 1.47 bits per heavy atom. The fourth-order valence-electron chi connectivity index (χ4n) is 1.38. The van der Waals surface area contributed by atoms with Crippen LogP contribution < -0.4 is 0 Å². The van der Waals surface area contributed by atoms with Gasteiger partial charge in [0, 0.05) is 0 Å². The van der Waals surface area contributed by atoms with Crippen molar-refractivity contribution in [3.05, 3.63) is 34.9 Å². The molecule has 2 unspecified atom stereocenters. The third kappa shape index (κ3) is 2.81. The number of esters is 1. The monoisotopic (exact) mass is 235 g/mol. The molecule has 5 nitrogen and oxygen atoms in total. The quantitative estimate of drug-likeness (QED) is 0.741. The molecule has 0 aliphatic heterocycles. The summed E-state index contributed by atoms with van der Waals surface area (Å²) in [5.74, 6) is -0.920. The van der Waals surface area contributed by atoms with Crippen molar-refractivity contribution in [2.24, 2.45) is 0 Å². The molecule has 2 N–H and O–H groups in total. The number of aliphatic hydroxyl groups is 2. The summed E-state index contributed by atoms with van der Waals surface area (Å²) < 4.78 is 4.32. The van der Waals surface area contributed by atoms with Gasteiger partial charge in [0.1, 0.15) is 6.10 Å². The number of benzene rings is 1. The standard InChI is InChI=1S/C12H13NO4/c1-7-3-4-8(5-9(7)6-13)10(14)11(15)12(16)17-2/h3-5,10-11,14-15H,1-2H3. The number of ether oxygens (including phenoxy) is 1. The van der Waals surface area contributed by atoms with Crippen molar-refractivity contribution in [2.75, 3.05) is 7.11 Å². The van der Waals surface area contributed by atoms with Crippen molar-refractivity contribution in [3.8, 4) is 6.07 Å². The Labute approximate surface area is 98.9 Å². The minimum atomic E-state index is -1.66. The van der Waals surface area contributed by atoms with Gasteiger partial charge in [-0.3, -0.25) is 0 Å². The van der Waals surface area contributed by atoms with Crippen LogP contribution in [-0.4, -0.2) is 29.4 Å². The molecule has 0 fully saturated rings. The second-order valence-corrected chi connectivity index (χ2v) is 3.60. The fourth-order valence-corrected chi connectivity index (χ4v) is 1.38. The van der Waals surface area contributed by atoms with Crippen LogP contribution in [0.5, 0.6) is 0 Å². The summed E-state index contributed by atoms with van der Waals surface area (Å²) >= 11 is 0. The summed E-state index contributed by atoms with van der Waals surface area (Å²) in [7, 11) is 1.12. The lowest BCUT2D eigenvalue weighted by Crippen LogP contribution is -2.29. The molecule has 0 aromatic heterocycles. The van der Waals surface area contributed by atoms with Gasteiger partial charge < -0.3 is 14.9 Å². The van der Waals surface area contributed by atoms with Gasteiger partial charge in [-0.1, -0.05) is 12.1 Å². The highest BCUT2D eigenvalue weighted by Gasteiger charge is 2.26. The van der Waals surface area contributed by atoms with Gasteiger partial charge in [-0.2, -0.15) is 5.26 Å². The van der Waals surface area contributed by atoms with Crippen LogP contribution in [0.2, 0.25) is 0 Å². The third-order valence-electron chi connectivity index (χ3n) is 2.47. The van der Waals surface area contributed by atoms with Gasteiger partial charge in [0.05, 0.1) is 18.7 Å². The molecule has 0 spiro atoms. The van der Waals surface area contributed by atoms with Crippen LogP contribution in [0.3, 0.4) is 0 Å². The van der Waals surface area contributed by atoms with Crippen molar-refractivity contribution in [2.45, 2.75) is 19.1 Å². The first kappa shape index (κ1) is 13.2. The minimum absolute atomic E-state index is 0.296. The number of aryl methyl sites for hydroxylation is 1. The molecule has 1 aromatic rings. The van der Waals surface area contributed by atoms with Crippen LogP contribution >= 0.6 is 0 Å². The molecule has 0 aliphatic carbocycles. The zero-order chi connectivity index (χ0) is 13.0. The van der Waals surface area contributed by atoms with Gasteiger partial charge in [-0.05, 0) is 24.1 Å². The Balaban J connectivity index is 3.01. The van der Waals surface area contributed by atoms with Gasteiger partial charge in [0.15, 0.2) is 6.10 Å². The van der Waals surface area contributed by atoms with E-state index in [4.69, 9.17) is 5.26 Å².